The van der Waals surface area contributed by atoms with E-state index in [0.29, 0.717) is 24.8 Å². The fourth-order valence-electron chi connectivity index (χ4n) is 1.83. The van der Waals surface area contributed by atoms with Gasteiger partial charge in [0.1, 0.15) is 0 Å². The Balaban J connectivity index is 5.40. The molecule has 0 saturated carbocycles. The van der Waals surface area contributed by atoms with Crippen molar-refractivity contribution in [3.05, 3.63) is 12.2 Å². The Kier molecular flexibility index (Phi) is 11.0. The van der Waals surface area contributed by atoms with E-state index in [1.807, 2.05) is 20.8 Å². The van der Waals surface area contributed by atoms with Crippen LogP contribution in [0.15, 0.2) is 12.2 Å². The molecule has 0 N–H and O–H groups in total. The van der Waals surface area contributed by atoms with Gasteiger partial charge in [0.15, 0.2) is 0 Å². The number of carbonyl (C=O) groups excluding carboxylic acids is 3. The van der Waals surface area contributed by atoms with Crippen LogP contribution in [-0.4, -0.2) is 37.5 Å². The number of allylic oxidation sites excluding steroid dienone is 1. The van der Waals surface area contributed by atoms with E-state index in [1.54, 1.807) is 6.92 Å². The van der Waals surface area contributed by atoms with Crippen molar-refractivity contribution < 1.29 is 23.6 Å². The molecule has 0 saturated heterocycles. The quantitative estimate of drug-likeness (QED) is 0.365. The van der Waals surface area contributed by atoms with E-state index >= 15 is 0 Å². The van der Waals surface area contributed by atoms with E-state index in [1.165, 1.54) is 0 Å². The van der Waals surface area contributed by atoms with Crippen LogP contribution >= 0.6 is 0 Å². The minimum atomic E-state index is -4.70. The Morgan fingerprint density at radius 1 is 0.783 bits per heavy atom. The molecule has 0 aliphatic rings. The predicted molar refractivity (Wildman–Crippen MR) is 88.4 cm³/mol. The third kappa shape index (κ3) is 9.63. The fourth-order valence-corrected chi connectivity index (χ4v) is 8.75. The first-order valence-corrected chi connectivity index (χ1v) is 13.6. The van der Waals surface area contributed by atoms with Crippen LogP contribution in [0.1, 0.15) is 66.2 Å². The summed E-state index contributed by atoms with van der Waals surface area (Å²) < 4.78 is 16.5. The van der Waals surface area contributed by atoms with Gasteiger partial charge in [-0.1, -0.05) is 0 Å². The van der Waals surface area contributed by atoms with E-state index in [9.17, 15) is 14.4 Å². The molecule has 0 spiro atoms. The van der Waals surface area contributed by atoms with Gasteiger partial charge in [0.05, 0.1) is 0 Å². The summed E-state index contributed by atoms with van der Waals surface area (Å²) in [4.78, 5) is 35.8. The van der Waals surface area contributed by atoms with Crippen molar-refractivity contribution in [2.75, 3.05) is 0 Å². The van der Waals surface area contributed by atoms with Crippen LogP contribution in [0.25, 0.3) is 0 Å². The number of rotatable bonds is 11. The second-order valence-corrected chi connectivity index (χ2v) is 12.1. The third-order valence-corrected chi connectivity index (χ3v) is 10.3. The van der Waals surface area contributed by atoms with Gasteiger partial charge in [-0.3, -0.25) is 0 Å². The molecule has 7 heteroatoms. The summed E-state index contributed by atoms with van der Waals surface area (Å²) in [5.41, 5.74) is 0.652. The Morgan fingerprint density at radius 3 is 1.30 bits per heavy atom. The van der Waals surface area contributed by atoms with Crippen LogP contribution in [0.4, 0.5) is 0 Å². The molecule has 0 aromatic rings. The van der Waals surface area contributed by atoms with Crippen molar-refractivity contribution in [2.24, 2.45) is 0 Å². The van der Waals surface area contributed by atoms with Gasteiger partial charge in [0.25, 0.3) is 0 Å². The summed E-state index contributed by atoms with van der Waals surface area (Å²) in [6, 6.07) is 0. The van der Waals surface area contributed by atoms with E-state index in [4.69, 9.17) is 9.22 Å². The third-order valence-electron chi connectivity index (χ3n) is 2.69. The first-order chi connectivity index (χ1) is 10.8. The normalized spacial score (nSPS) is 10.8. The van der Waals surface area contributed by atoms with Crippen LogP contribution < -0.4 is 0 Å². The van der Waals surface area contributed by atoms with Crippen LogP contribution in [0.3, 0.4) is 0 Å². The molecular weight excluding hydrogens is 407 g/mol. The SMILES string of the molecule is C=C(C)[CH2][Sn]([O]C(=O)CCC)([O]C(=O)CCC)[O]C(=O)CCC. The zero-order chi connectivity index (χ0) is 17.9. The maximum atomic E-state index is 11.9. The summed E-state index contributed by atoms with van der Waals surface area (Å²) in [5, 5.41) is 0. The fraction of sp³-hybridized carbons (Fsp3) is 0.688. The van der Waals surface area contributed by atoms with Gasteiger partial charge >= 0.3 is 144 Å². The van der Waals surface area contributed by atoms with Crippen molar-refractivity contribution in [3.63, 3.8) is 0 Å². The molecule has 0 amide bonds. The van der Waals surface area contributed by atoms with E-state index in [2.05, 4.69) is 6.58 Å². The molecule has 0 heterocycles. The number of hydrogen-bond acceptors (Lipinski definition) is 6. The standard InChI is InChI=1S/3C4H8O2.C4H7.Sn/c3*1-2-3-4(5)6;1-4(2)3;/h3*2-3H2,1H3,(H,5,6);1-2H2,3H3;/q;;;;+3/p-3. The summed E-state index contributed by atoms with van der Waals surface area (Å²) in [7, 11) is 0. The summed E-state index contributed by atoms with van der Waals surface area (Å²) in [5.74, 6) is -1.51. The van der Waals surface area contributed by atoms with E-state index in [0.717, 1.165) is 0 Å². The monoisotopic (exact) mass is 436 g/mol. The molecule has 132 valence electrons. The molecule has 0 aromatic carbocycles. The topological polar surface area (TPSA) is 78.9 Å². The molecule has 0 aromatic heterocycles. The molecule has 0 radical (unpaired) electrons. The molecule has 0 atom stereocenters. The van der Waals surface area contributed by atoms with Crippen molar-refractivity contribution >= 4 is 37.5 Å². The van der Waals surface area contributed by atoms with Gasteiger partial charge < -0.3 is 0 Å². The Bertz CT molecular complexity index is 382. The van der Waals surface area contributed by atoms with E-state index < -0.39 is 37.5 Å². The molecule has 0 rings (SSSR count). The molecule has 23 heavy (non-hydrogen) atoms. The minimum absolute atomic E-state index is 0.120. The zero-order valence-corrected chi connectivity index (χ0v) is 17.5. The van der Waals surface area contributed by atoms with Crippen molar-refractivity contribution in [2.45, 2.75) is 70.7 Å². The maximum absolute atomic E-state index is 11.9. The van der Waals surface area contributed by atoms with Crippen LogP contribution in [-0.2, 0) is 23.6 Å². The molecule has 0 unspecified atom stereocenters. The van der Waals surface area contributed by atoms with Gasteiger partial charge in [0.2, 0.25) is 0 Å². The number of hydrogen-bond donors (Lipinski definition) is 0. The Hall–Kier alpha value is -1.05. The molecule has 0 aliphatic carbocycles. The van der Waals surface area contributed by atoms with Crippen molar-refractivity contribution in [1.82, 2.24) is 0 Å². The van der Waals surface area contributed by atoms with E-state index in [-0.39, 0.29) is 23.7 Å². The van der Waals surface area contributed by atoms with Crippen LogP contribution in [0.5, 0.6) is 0 Å². The van der Waals surface area contributed by atoms with Crippen LogP contribution in [0.2, 0.25) is 4.44 Å². The molecule has 0 fully saturated rings. The van der Waals surface area contributed by atoms with Crippen molar-refractivity contribution in [3.8, 4) is 0 Å². The second kappa shape index (κ2) is 11.5. The van der Waals surface area contributed by atoms with Gasteiger partial charge in [-0.05, 0) is 0 Å². The molecule has 6 nitrogen and oxygen atoms in total. The van der Waals surface area contributed by atoms with Gasteiger partial charge in [0, 0.05) is 0 Å². The average molecular weight is 435 g/mol. The summed E-state index contributed by atoms with van der Waals surface area (Å²) >= 11 is -4.70. The Morgan fingerprint density at radius 2 is 1.09 bits per heavy atom. The van der Waals surface area contributed by atoms with Crippen molar-refractivity contribution in [1.29, 1.82) is 0 Å². The first-order valence-electron chi connectivity index (χ1n) is 8.08. The molecular formula is C16H28O6Sn. The molecule has 0 aliphatic heterocycles. The summed E-state index contributed by atoms with van der Waals surface area (Å²) in [6.45, 7) is 11.0. The summed E-state index contributed by atoms with van der Waals surface area (Å²) in [6.07, 6.45) is 2.35. The average Bonchev–Trinajstić information content (AvgIpc) is 2.37. The number of carbonyl (C=O) groups is 3. The zero-order valence-electron chi connectivity index (χ0n) is 14.6. The Labute approximate surface area is 144 Å². The van der Waals surface area contributed by atoms with Crippen LogP contribution in [0, 0.1) is 0 Å². The van der Waals surface area contributed by atoms with Gasteiger partial charge in [-0.2, -0.15) is 0 Å². The molecule has 0 bridgehead atoms. The first kappa shape index (κ1) is 21.9. The second-order valence-electron chi connectivity index (χ2n) is 5.49. The van der Waals surface area contributed by atoms with Gasteiger partial charge in [-0.15, -0.1) is 0 Å². The predicted octanol–water partition coefficient (Wildman–Crippen LogP) is 3.53. The van der Waals surface area contributed by atoms with Gasteiger partial charge in [-0.25, -0.2) is 0 Å².